The van der Waals surface area contributed by atoms with Crippen LogP contribution in [-0.2, 0) is 0 Å². The monoisotopic (exact) mass is 237 g/mol. The van der Waals surface area contributed by atoms with Crippen LogP contribution in [0, 0.1) is 11.6 Å². The fraction of sp³-hybridized carbons (Fsp3) is 0.400. The Kier molecular flexibility index (Phi) is 5.72. The van der Waals surface area contributed by atoms with E-state index < -0.39 is 23.8 Å². The lowest BCUT2D eigenvalue weighted by Gasteiger charge is -2.18. The Balaban J connectivity index is 0.00000196. The normalized spacial score (nSPS) is 14.2. The summed E-state index contributed by atoms with van der Waals surface area (Å²) in [6.45, 7) is 1.72. The van der Waals surface area contributed by atoms with E-state index in [-0.39, 0.29) is 18.0 Å². The van der Waals surface area contributed by atoms with Crippen molar-refractivity contribution in [2.45, 2.75) is 25.5 Å². The van der Waals surface area contributed by atoms with E-state index in [1.54, 1.807) is 6.92 Å². The van der Waals surface area contributed by atoms with Gasteiger partial charge in [-0.15, -0.1) is 12.4 Å². The molecule has 1 aromatic carbocycles. The van der Waals surface area contributed by atoms with Crippen LogP contribution in [0.25, 0.3) is 0 Å². The largest absolute Gasteiger partial charge is 0.391 e. The Labute approximate surface area is 93.5 Å². The first kappa shape index (κ1) is 14.3. The number of hydrogen-bond acceptors (Lipinski definition) is 2. The number of nitrogens with two attached hydrogens (primary N) is 1. The molecule has 2 nitrogen and oxygen atoms in total. The number of hydrogen-bond donors (Lipinski definition) is 2. The van der Waals surface area contributed by atoms with Crippen molar-refractivity contribution in [3.8, 4) is 0 Å². The first-order valence-electron chi connectivity index (χ1n) is 4.45. The SMILES string of the molecule is CC[C@H](O)[C@H](N)c1cccc(F)c1F.Cl. The Hall–Kier alpha value is -0.710. The molecule has 0 amide bonds. The number of aliphatic hydroxyl groups is 1. The molecule has 0 aliphatic heterocycles. The molecule has 0 saturated carbocycles. The molecule has 0 spiro atoms. The molecule has 0 saturated heterocycles. The molecule has 1 aromatic rings. The third-order valence-corrected chi connectivity index (χ3v) is 2.17. The molecule has 0 aromatic heterocycles. The van der Waals surface area contributed by atoms with E-state index in [0.717, 1.165) is 6.07 Å². The lowest BCUT2D eigenvalue weighted by Crippen LogP contribution is -2.26. The second kappa shape index (κ2) is 6.00. The molecule has 3 N–H and O–H groups in total. The van der Waals surface area contributed by atoms with Gasteiger partial charge in [-0.3, -0.25) is 0 Å². The van der Waals surface area contributed by atoms with Gasteiger partial charge in [-0.25, -0.2) is 8.78 Å². The Morgan fingerprint density at radius 2 is 2.00 bits per heavy atom. The summed E-state index contributed by atoms with van der Waals surface area (Å²) in [4.78, 5) is 0. The Morgan fingerprint density at radius 1 is 1.40 bits per heavy atom. The van der Waals surface area contributed by atoms with Gasteiger partial charge in [-0.2, -0.15) is 0 Å². The molecule has 2 atom stereocenters. The molecular weight excluding hydrogens is 224 g/mol. The zero-order valence-corrected chi connectivity index (χ0v) is 9.10. The van der Waals surface area contributed by atoms with Crippen molar-refractivity contribution in [2.75, 3.05) is 0 Å². The molecule has 86 valence electrons. The molecule has 0 fully saturated rings. The molecule has 15 heavy (non-hydrogen) atoms. The second-order valence-corrected chi connectivity index (χ2v) is 3.14. The summed E-state index contributed by atoms with van der Waals surface area (Å²) >= 11 is 0. The van der Waals surface area contributed by atoms with Crippen LogP contribution in [0.3, 0.4) is 0 Å². The van der Waals surface area contributed by atoms with E-state index in [9.17, 15) is 13.9 Å². The first-order chi connectivity index (χ1) is 6.57. The summed E-state index contributed by atoms with van der Waals surface area (Å²) in [6, 6.07) is 2.89. The van der Waals surface area contributed by atoms with E-state index in [4.69, 9.17) is 5.73 Å². The van der Waals surface area contributed by atoms with Crippen LogP contribution in [0.4, 0.5) is 8.78 Å². The summed E-state index contributed by atoms with van der Waals surface area (Å²) in [6.07, 6.45) is -0.455. The van der Waals surface area contributed by atoms with E-state index in [0.29, 0.717) is 6.42 Å². The minimum absolute atomic E-state index is 0. The summed E-state index contributed by atoms with van der Waals surface area (Å²) in [5.74, 6) is -1.92. The molecule has 0 heterocycles. The smallest absolute Gasteiger partial charge is 0.163 e. The van der Waals surface area contributed by atoms with Gasteiger partial charge in [0.2, 0.25) is 0 Å². The van der Waals surface area contributed by atoms with Crippen molar-refractivity contribution < 1.29 is 13.9 Å². The average molecular weight is 238 g/mol. The maximum Gasteiger partial charge on any atom is 0.163 e. The van der Waals surface area contributed by atoms with Crippen LogP contribution >= 0.6 is 12.4 Å². The Morgan fingerprint density at radius 3 is 2.53 bits per heavy atom. The standard InChI is InChI=1S/C10H13F2NO.ClH/c1-2-8(14)10(13)6-4-3-5-7(11)9(6)12;/h3-5,8,10,14H,2,13H2,1H3;1H/t8-,10+;/m0./s1. The third-order valence-electron chi connectivity index (χ3n) is 2.17. The summed E-state index contributed by atoms with van der Waals surface area (Å²) in [7, 11) is 0. The van der Waals surface area contributed by atoms with Crippen LogP contribution in [0.15, 0.2) is 18.2 Å². The summed E-state index contributed by atoms with van der Waals surface area (Å²) in [5.41, 5.74) is 5.58. The van der Waals surface area contributed by atoms with E-state index >= 15 is 0 Å². The van der Waals surface area contributed by atoms with Gasteiger partial charge in [-0.1, -0.05) is 19.1 Å². The highest BCUT2D eigenvalue weighted by molar-refractivity contribution is 5.85. The van der Waals surface area contributed by atoms with Gasteiger partial charge >= 0.3 is 0 Å². The van der Waals surface area contributed by atoms with Gasteiger partial charge in [0.15, 0.2) is 11.6 Å². The highest BCUT2D eigenvalue weighted by atomic mass is 35.5. The minimum atomic E-state index is -0.979. The molecule has 1 rings (SSSR count). The van der Waals surface area contributed by atoms with Gasteiger partial charge in [0, 0.05) is 5.56 Å². The van der Waals surface area contributed by atoms with Gasteiger partial charge in [0.25, 0.3) is 0 Å². The van der Waals surface area contributed by atoms with E-state index in [2.05, 4.69) is 0 Å². The van der Waals surface area contributed by atoms with Crippen LogP contribution in [0.5, 0.6) is 0 Å². The number of aliphatic hydroxyl groups excluding tert-OH is 1. The zero-order valence-electron chi connectivity index (χ0n) is 8.28. The lowest BCUT2D eigenvalue weighted by molar-refractivity contribution is 0.139. The highest BCUT2D eigenvalue weighted by Crippen LogP contribution is 2.21. The average Bonchev–Trinajstić information content (AvgIpc) is 2.20. The molecule has 5 heteroatoms. The van der Waals surface area contributed by atoms with Gasteiger partial charge in [0.05, 0.1) is 12.1 Å². The zero-order chi connectivity index (χ0) is 10.7. The maximum atomic E-state index is 13.2. The van der Waals surface area contributed by atoms with Gasteiger partial charge < -0.3 is 10.8 Å². The van der Waals surface area contributed by atoms with Crippen molar-refractivity contribution in [3.63, 3.8) is 0 Å². The molecule has 0 bridgehead atoms. The highest BCUT2D eigenvalue weighted by Gasteiger charge is 2.20. The summed E-state index contributed by atoms with van der Waals surface area (Å²) < 4.78 is 26.0. The minimum Gasteiger partial charge on any atom is -0.391 e. The molecular formula is C10H14ClF2NO. The third kappa shape index (κ3) is 3.12. The number of benzene rings is 1. The lowest BCUT2D eigenvalue weighted by atomic mass is 10.00. The van der Waals surface area contributed by atoms with Crippen molar-refractivity contribution in [2.24, 2.45) is 5.73 Å². The molecule has 0 radical (unpaired) electrons. The number of halogens is 3. The fourth-order valence-corrected chi connectivity index (χ4v) is 1.24. The van der Waals surface area contributed by atoms with Crippen LogP contribution in [-0.4, -0.2) is 11.2 Å². The van der Waals surface area contributed by atoms with Crippen molar-refractivity contribution in [1.29, 1.82) is 0 Å². The quantitative estimate of drug-likeness (QED) is 0.846. The fourth-order valence-electron chi connectivity index (χ4n) is 1.24. The molecule has 0 aliphatic carbocycles. The predicted octanol–water partition coefficient (Wildman–Crippen LogP) is 2.16. The predicted molar refractivity (Wildman–Crippen MR) is 56.8 cm³/mol. The van der Waals surface area contributed by atoms with E-state index in [1.807, 2.05) is 0 Å². The Bertz CT molecular complexity index is 322. The number of rotatable bonds is 3. The second-order valence-electron chi connectivity index (χ2n) is 3.14. The molecule has 0 unspecified atom stereocenters. The van der Waals surface area contributed by atoms with Crippen molar-refractivity contribution in [3.05, 3.63) is 35.4 Å². The van der Waals surface area contributed by atoms with Gasteiger partial charge in [0.1, 0.15) is 0 Å². The van der Waals surface area contributed by atoms with Crippen LogP contribution in [0.2, 0.25) is 0 Å². The van der Waals surface area contributed by atoms with E-state index in [1.165, 1.54) is 12.1 Å². The van der Waals surface area contributed by atoms with Crippen molar-refractivity contribution in [1.82, 2.24) is 0 Å². The van der Waals surface area contributed by atoms with Crippen LogP contribution in [0.1, 0.15) is 24.9 Å². The molecule has 0 aliphatic rings. The van der Waals surface area contributed by atoms with Gasteiger partial charge in [-0.05, 0) is 12.5 Å². The maximum absolute atomic E-state index is 13.2. The summed E-state index contributed by atoms with van der Waals surface area (Å²) in [5, 5.41) is 9.38. The van der Waals surface area contributed by atoms with Crippen LogP contribution < -0.4 is 5.73 Å². The first-order valence-corrected chi connectivity index (χ1v) is 4.45. The van der Waals surface area contributed by atoms with Crippen molar-refractivity contribution >= 4 is 12.4 Å². The topological polar surface area (TPSA) is 46.2 Å².